The van der Waals surface area contributed by atoms with Gasteiger partial charge >= 0.3 is 5.97 Å². The number of unbranched alkanes of at least 4 members (excludes halogenated alkanes) is 34. The maximum atomic E-state index is 13.3. The van der Waals surface area contributed by atoms with Gasteiger partial charge in [0.15, 0.2) is 8.32 Å². The van der Waals surface area contributed by atoms with E-state index in [0.717, 1.165) is 50.2 Å². The van der Waals surface area contributed by atoms with Crippen LogP contribution in [0.3, 0.4) is 0 Å². The lowest BCUT2D eigenvalue weighted by atomic mass is 9.91. The van der Waals surface area contributed by atoms with Gasteiger partial charge in [-0.15, -0.1) is 0 Å². The molecule has 0 bridgehead atoms. The third-order valence-corrected chi connectivity index (χ3v) is 20.1. The summed E-state index contributed by atoms with van der Waals surface area (Å²) in [5.41, 5.74) is 0. The van der Waals surface area contributed by atoms with Crippen molar-refractivity contribution in [2.24, 2.45) is 23.7 Å². The van der Waals surface area contributed by atoms with E-state index in [0.29, 0.717) is 5.92 Å². The molecule has 0 aromatic heterocycles. The zero-order valence-electron chi connectivity index (χ0n) is 43.6. The molecule has 5 heteroatoms. The molecule has 0 heterocycles. The minimum Gasteiger partial charge on any atom is -0.469 e. The topological polar surface area (TPSA) is 52.6 Å². The first-order chi connectivity index (χ1) is 30.0. The van der Waals surface area contributed by atoms with Crippen LogP contribution in [0.1, 0.15) is 298 Å². The van der Waals surface area contributed by atoms with Crippen molar-refractivity contribution in [2.75, 3.05) is 7.11 Å². The molecule has 0 radical (unpaired) electrons. The van der Waals surface area contributed by atoms with Gasteiger partial charge in [0.05, 0.1) is 19.1 Å². The predicted molar refractivity (Wildman–Crippen MR) is 275 cm³/mol. The summed E-state index contributed by atoms with van der Waals surface area (Å²) in [4.78, 5) is 24.0. The Hall–Kier alpha value is -0.683. The fourth-order valence-corrected chi connectivity index (χ4v) is 11.4. The molecule has 368 valence electrons. The minimum atomic E-state index is -2.02. The summed E-state index contributed by atoms with van der Waals surface area (Å²) < 4.78 is 12.5. The van der Waals surface area contributed by atoms with Crippen LogP contribution in [0.15, 0.2) is 0 Å². The van der Waals surface area contributed by atoms with E-state index in [1.54, 1.807) is 7.11 Å². The number of aldehydes is 1. The summed E-state index contributed by atoms with van der Waals surface area (Å²) in [6, 6.07) is 0. The first-order valence-electron chi connectivity index (χ1n) is 28.2. The second-order valence-corrected chi connectivity index (χ2v) is 27.1. The van der Waals surface area contributed by atoms with Gasteiger partial charge in [-0.2, -0.15) is 0 Å². The number of ether oxygens (including phenoxy) is 1. The van der Waals surface area contributed by atoms with Crippen LogP contribution >= 0.6 is 0 Å². The van der Waals surface area contributed by atoms with Crippen LogP contribution in [0.5, 0.6) is 0 Å². The van der Waals surface area contributed by atoms with Crippen LogP contribution in [0, 0.1) is 23.7 Å². The van der Waals surface area contributed by atoms with E-state index in [-0.39, 0.29) is 23.0 Å². The Kier molecular flexibility index (Phi) is 37.8. The molecule has 62 heavy (non-hydrogen) atoms. The molecule has 0 aromatic carbocycles. The predicted octanol–water partition coefficient (Wildman–Crippen LogP) is 19.3. The number of hydrogen-bond donors (Lipinski definition) is 0. The van der Waals surface area contributed by atoms with Crippen molar-refractivity contribution < 1.29 is 18.8 Å². The molecule has 1 aliphatic carbocycles. The Labute approximate surface area is 390 Å². The first kappa shape index (κ1) is 59.3. The van der Waals surface area contributed by atoms with Crippen molar-refractivity contribution in [1.29, 1.82) is 0 Å². The van der Waals surface area contributed by atoms with Crippen LogP contribution in [-0.2, 0) is 18.8 Å². The van der Waals surface area contributed by atoms with E-state index in [2.05, 4.69) is 47.7 Å². The molecule has 1 fully saturated rings. The number of carbonyl (C=O) groups excluding carboxylic acids is 2. The molecule has 0 aromatic rings. The maximum absolute atomic E-state index is 13.3. The molecule has 0 spiro atoms. The van der Waals surface area contributed by atoms with Crippen LogP contribution in [0.2, 0.25) is 18.1 Å². The lowest BCUT2D eigenvalue weighted by Gasteiger charge is -2.41. The van der Waals surface area contributed by atoms with Crippen molar-refractivity contribution in [2.45, 2.75) is 322 Å². The fourth-order valence-electron chi connectivity index (χ4n) is 9.98. The number of esters is 1. The average molecular weight is 890 g/mol. The molecule has 5 atom stereocenters. The molecule has 0 N–H and O–H groups in total. The third kappa shape index (κ3) is 32.1. The Morgan fingerprint density at radius 3 is 1.24 bits per heavy atom. The van der Waals surface area contributed by atoms with Crippen molar-refractivity contribution in [3.05, 3.63) is 0 Å². The summed E-state index contributed by atoms with van der Waals surface area (Å²) in [7, 11) is -0.448. The van der Waals surface area contributed by atoms with Crippen molar-refractivity contribution >= 4 is 20.6 Å². The molecule has 1 aliphatic rings. The molecule has 0 aliphatic heterocycles. The van der Waals surface area contributed by atoms with E-state index in [1.807, 2.05) is 0 Å². The van der Waals surface area contributed by atoms with Crippen LogP contribution in [0.4, 0.5) is 0 Å². The highest BCUT2D eigenvalue weighted by Gasteiger charge is 2.42. The smallest absolute Gasteiger partial charge is 0.311 e. The van der Waals surface area contributed by atoms with Crippen LogP contribution in [0.25, 0.3) is 0 Å². The average Bonchev–Trinajstić information content (AvgIpc) is 4.02. The standard InChI is InChI=1S/C57H112O4Si/c1-9-10-11-12-13-14-15-16-17-18-19-20-21-25-28-31-34-37-40-43-46-53(56(59)60-6)55(61-62(7,8)57(3,4)5)47-44-41-38-35-32-29-26-23-22-24-27-30-33-36-39-42-45-52-50-54(52)51(2)48-49-58/h49,51-55H,9-48,50H2,1-8H3/t51-,52-,53+,54+,55-/m0/s1. The van der Waals surface area contributed by atoms with Crippen molar-refractivity contribution in [1.82, 2.24) is 0 Å². The van der Waals surface area contributed by atoms with E-state index in [9.17, 15) is 9.59 Å². The minimum absolute atomic E-state index is 0.0198. The van der Waals surface area contributed by atoms with Gasteiger partial charge in [-0.3, -0.25) is 4.79 Å². The van der Waals surface area contributed by atoms with E-state index >= 15 is 0 Å². The highest BCUT2D eigenvalue weighted by atomic mass is 28.4. The monoisotopic (exact) mass is 889 g/mol. The maximum Gasteiger partial charge on any atom is 0.311 e. The molecular formula is C57H112O4Si. The second-order valence-electron chi connectivity index (χ2n) is 22.3. The number of methoxy groups -OCH3 is 1. The molecule has 1 rings (SSSR count). The Morgan fingerprint density at radius 1 is 0.565 bits per heavy atom. The van der Waals surface area contributed by atoms with Crippen molar-refractivity contribution in [3.8, 4) is 0 Å². The summed E-state index contributed by atoms with van der Waals surface area (Å²) in [6.45, 7) is 16.2. The van der Waals surface area contributed by atoms with E-state index < -0.39 is 8.32 Å². The van der Waals surface area contributed by atoms with Gasteiger partial charge < -0.3 is 14.0 Å². The van der Waals surface area contributed by atoms with Gasteiger partial charge in [-0.1, -0.05) is 272 Å². The molecular weight excluding hydrogens is 777 g/mol. The highest BCUT2D eigenvalue weighted by Crippen LogP contribution is 2.48. The normalized spacial score (nSPS) is 17.0. The quantitative estimate of drug-likeness (QED) is 0.0264. The summed E-state index contributed by atoms with van der Waals surface area (Å²) >= 11 is 0. The Balaban J connectivity index is 2.15. The summed E-state index contributed by atoms with van der Waals surface area (Å²) in [5, 5.41) is 0.123. The molecule has 0 amide bonds. The van der Waals surface area contributed by atoms with Gasteiger partial charge in [0, 0.05) is 6.42 Å². The molecule has 4 nitrogen and oxygen atoms in total. The molecule has 0 unspecified atom stereocenters. The van der Waals surface area contributed by atoms with Crippen LogP contribution < -0.4 is 0 Å². The van der Waals surface area contributed by atoms with Gasteiger partial charge in [0.2, 0.25) is 0 Å². The van der Waals surface area contributed by atoms with Gasteiger partial charge in [-0.05, 0) is 55.1 Å². The SMILES string of the molecule is CCCCCCCCCCCCCCCCCCCCCC[C@@H](C(=O)OC)[C@H](CCCCCCCCCCCCCCCCCC[C@H]1C[C@@H]1[C@@H](C)CC=O)O[Si](C)(C)C(C)(C)C. The van der Waals surface area contributed by atoms with Crippen LogP contribution in [-0.4, -0.2) is 33.8 Å². The van der Waals surface area contributed by atoms with Crippen molar-refractivity contribution in [3.63, 3.8) is 0 Å². The largest absolute Gasteiger partial charge is 0.469 e. The summed E-state index contributed by atoms with van der Waals surface area (Å²) in [5.74, 6) is 2.19. The highest BCUT2D eigenvalue weighted by molar-refractivity contribution is 6.74. The Morgan fingerprint density at radius 2 is 0.903 bits per heavy atom. The molecule has 1 saturated carbocycles. The number of carbonyl (C=O) groups is 2. The zero-order valence-corrected chi connectivity index (χ0v) is 44.6. The summed E-state index contributed by atoms with van der Waals surface area (Å²) in [6.07, 6.45) is 56.2. The first-order valence-corrected chi connectivity index (χ1v) is 31.1. The van der Waals surface area contributed by atoms with E-state index in [4.69, 9.17) is 9.16 Å². The third-order valence-electron chi connectivity index (χ3n) is 15.6. The van der Waals surface area contributed by atoms with E-state index in [1.165, 1.54) is 231 Å². The number of hydrogen-bond acceptors (Lipinski definition) is 4. The lowest BCUT2D eigenvalue weighted by molar-refractivity contribution is -0.149. The Bertz CT molecular complexity index is 1010. The van der Waals surface area contributed by atoms with Gasteiger partial charge in [0.25, 0.3) is 0 Å². The zero-order chi connectivity index (χ0) is 45.6. The number of rotatable bonds is 47. The van der Waals surface area contributed by atoms with Gasteiger partial charge in [0.1, 0.15) is 6.29 Å². The fraction of sp³-hybridized carbons (Fsp3) is 0.965. The molecule has 0 saturated heterocycles. The second kappa shape index (κ2) is 39.5. The van der Waals surface area contributed by atoms with Gasteiger partial charge in [-0.25, -0.2) is 0 Å². The lowest BCUT2D eigenvalue weighted by Crippen LogP contribution is -2.47.